The fourth-order valence-electron chi connectivity index (χ4n) is 2.02. The Morgan fingerprint density at radius 1 is 1.21 bits per heavy atom. The van der Waals surface area contributed by atoms with Gasteiger partial charge in [-0.15, -0.1) is 0 Å². The van der Waals surface area contributed by atoms with E-state index in [0.29, 0.717) is 0 Å². The maximum atomic E-state index is 5.52. The van der Waals surface area contributed by atoms with Gasteiger partial charge in [0, 0.05) is 12.1 Å². The number of hydrogen-bond acceptors (Lipinski definition) is 4. The first-order valence-corrected chi connectivity index (χ1v) is 6.37. The van der Waals surface area contributed by atoms with Crippen LogP contribution in [0, 0.1) is 13.8 Å². The Hall–Kier alpha value is -2.10. The van der Waals surface area contributed by atoms with Gasteiger partial charge >= 0.3 is 0 Å². The summed E-state index contributed by atoms with van der Waals surface area (Å²) < 4.78 is 5.52. The lowest BCUT2D eigenvalue weighted by Gasteiger charge is -2.13. The van der Waals surface area contributed by atoms with Crippen LogP contribution in [-0.2, 0) is 0 Å². The van der Waals surface area contributed by atoms with E-state index in [-0.39, 0.29) is 0 Å². The molecule has 0 saturated heterocycles. The predicted octanol–water partition coefficient (Wildman–Crippen LogP) is 3.20. The van der Waals surface area contributed by atoms with Crippen molar-refractivity contribution in [2.24, 2.45) is 0 Å². The first kappa shape index (κ1) is 13.3. The molecule has 0 aliphatic heterocycles. The standard InChI is InChI=1S/C15H19N3O/c1-5-17-14-9-16-8-13(18-14)12-7-6-10(2)11(3)15(12)19-4/h6-9H,5H2,1-4H3,(H,17,18). The van der Waals surface area contributed by atoms with Crippen molar-refractivity contribution in [3.8, 4) is 17.0 Å². The minimum Gasteiger partial charge on any atom is -0.496 e. The van der Waals surface area contributed by atoms with E-state index in [1.807, 2.05) is 13.0 Å². The number of aromatic nitrogens is 2. The molecule has 1 aromatic carbocycles. The van der Waals surface area contributed by atoms with E-state index in [1.54, 1.807) is 19.5 Å². The van der Waals surface area contributed by atoms with Crippen LogP contribution in [0.15, 0.2) is 24.5 Å². The summed E-state index contributed by atoms with van der Waals surface area (Å²) >= 11 is 0. The highest BCUT2D eigenvalue weighted by molar-refractivity contribution is 5.70. The molecule has 0 fully saturated rings. The number of rotatable bonds is 4. The number of hydrogen-bond donors (Lipinski definition) is 1. The molecule has 0 bridgehead atoms. The fourth-order valence-corrected chi connectivity index (χ4v) is 2.02. The van der Waals surface area contributed by atoms with Gasteiger partial charge in [0.2, 0.25) is 0 Å². The number of nitrogens with zero attached hydrogens (tertiary/aromatic N) is 2. The maximum Gasteiger partial charge on any atom is 0.145 e. The topological polar surface area (TPSA) is 47.0 Å². The zero-order valence-electron chi connectivity index (χ0n) is 11.8. The van der Waals surface area contributed by atoms with Gasteiger partial charge in [-0.05, 0) is 38.0 Å². The summed E-state index contributed by atoms with van der Waals surface area (Å²) in [5.41, 5.74) is 4.13. The van der Waals surface area contributed by atoms with Crippen LogP contribution >= 0.6 is 0 Å². The minimum atomic E-state index is 0.778. The summed E-state index contributed by atoms with van der Waals surface area (Å²) in [4.78, 5) is 8.79. The lowest BCUT2D eigenvalue weighted by atomic mass is 10.0. The van der Waals surface area contributed by atoms with Crippen molar-refractivity contribution in [3.05, 3.63) is 35.7 Å². The van der Waals surface area contributed by atoms with Gasteiger partial charge in [-0.1, -0.05) is 6.07 Å². The second kappa shape index (κ2) is 5.69. The molecular formula is C15H19N3O. The van der Waals surface area contributed by atoms with E-state index in [9.17, 15) is 0 Å². The van der Waals surface area contributed by atoms with Crippen LogP contribution in [0.1, 0.15) is 18.1 Å². The van der Waals surface area contributed by atoms with Crippen molar-refractivity contribution < 1.29 is 4.74 Å². The van der Waals surface area contributed by atoms with Crippen LogP contribution < -0.4 is 10.1 Å². The van der Waals surface area contributed by atoms with Crippen molar-refractivity contribution in [2.45, 2.75) is 20.8 Å². The molecule has 1 N–H and O–H groups in total. The molecule has 2 aromatic rings. The molecule has 0 atom stereocenters. The Morgan fingerprint density at radius 3 is 2.68 bits per heavy atom. The second-order valence-corrected chi connectivity index (χ2v) is 4.41. The molecule has 2 rings (SSSR count). The molecule has 0 aliphatic rings. The number of benzene rings is 1. The quantitative estimate of drug-likeness (QED) is 0.913. The first-order chi connectivity index (χ1) is 9.17. The highest BCUT2D eigenvalue weighted by atomic mass is 16.5. The van der Waals surface area contributed by atoms with Crippen LogP contribution in [0.25, 0.3) is 11.3 Å². The van der Waals surface area contributed by atoms with E-state index < -0.39 is 0 Å². The third-order valence-electron chi connectivity index (χ3n) is 3.15. The zero-order valence-corrected chi connectivity index (χ0v) is 11.8. The normalized spacial score (nSPS) is 10.3. The smallest absolute Gasteiger partial charge is 0.145 e. The maximum absolute atomic E-state index is 5.52. The molecule has 0 unspecified atom stereocenters. The molecule has 19 heavy (non-hydrogen) atoms. The number of nitrogens with one attached hydrogen (secondary N) is 1. The fraction of sp³-hybridized carbons (Fsp3) is 0.333. The number of methoxy groups -OCH3 is 1. The van der Waals surface area contributed by atoms with Gasteiger partial charge in [-0.25, -0.2) is 4.98 Å². The zero-order chi connectivity index (χ0) is 13.8. The van der Waals surface area contributed by atoms with Crippen LogP contribution in [0.2, 0.25) is 0 Å². The molecule has 0 saturated carbocycles. The van der Waals surface area contributed by atoms with E-state index in [0.717, 1.165) is 34.9 Å². The van der Waals surface area contributed by atoms with Crippen molar-refractivity contribution in [1.29, 1.82) is 0 Å². The van der Waals surface area contributed by atoms with E-state index >= 15 is 0 Å². The van der Waals surface area contributed by atoms with Crippen molar-refractivity contribution >= 4 is 5.82 Å². The lowest BCUT2D eigenvalue weighted by Crippen LogP contribution is -2.01. The number of ether oxygens (including phenoxy) is 1. The Kier molecular flexibility index (Phi) is 4.00. The van der Waals surface area contributed by atoms with Crippen molar-refractivity contribution in [2.75, 3.05) is 19.0 Å². The Bertz CT molecular complexity index is 582. The van der Waals surface area contributed by atoms with Crippen LogP contribution in [-0.4, -0.2) is 23.6 Å². The first-order valence-electron chi connectivity index (χ1n) is 6.37. The largest absolute Gasteiger partial charge is 0.496 e. The molecule has 100 valence electrons. The molecule has 1 heterocycles. The third-order valence-corrected chi connectivity index (χ3v) is 3.15. The summed E-state index contributed by atoms with van der Waals surface area (Å²) in [6, 6.07) is 4.11. The Morgan fingerprint density at radius 2 is 2.00 bits per heavy atom. The van der Waals surface area contributed by atoms with E-state index in [1.165, 1.54) is 5.56 Å². The SMILES string of the molecule is CCNc1cncc(-c2ccc(C)c(C)c2OC)n1. The minimum absolute atomic E-state index is 0.778. The Labute approximate surface area is 113 Å². The summed E-state index contributed by atoms with van der Waals surface area (Å²) in [5.74, 6) is 1.64. The van der Waals surface area contributed by atoms with Crippen molar-refractivity contribution in [1.82, 2.24) is 9.97 Å². The molecular weight excluding hydrogens is 238 g/mol. The van der Waals surface area contributed by atoms with E-state index in [4.69, 9.17) is 4.74 Å². The third kappa shape index (κ3) is 2.67. The molecule has 0 radical (unpaired) electrons. The molecule has 0 aliphatic carbocycles. The van der Waals surface area contributed by atoms with E-state index in [2.05, 4.69) is 35.2 Å². The lowest BCUT2D eigenvalue weighted by molar-refractivity contribution is 0.413. The molecule has 4 heteroatoms. The summed E-state index contributed by atoms with van der Waals surface area (Å²) in [6.45, 7) is 6.98. The van der Waals surface area contributed by atoms with Gasteiger partial charge in [-0.2, -0.15) is 0 Å². The van der Waals surface area contributed by atoms with Gasteiger partial charge < -0.3 is 10.1 Å². The predicted molar refractivity (Wildman–Crippen MR) is 77.7 cm³/mol. The van der Waals surface area contributed by atoms with Gasteiger partial charge in [-0.3, -0.25) is 4.98 Å². The molecule has 4 nitrogen and oxygen atoms in total. The Balaban J connectivity index is 2.52. The van der Waals surface area contributed by atoms with Crippen LogP contribution in [0.3, 0.4) is 0 Å². The second-order valence-electron chi connectivity index (χ2n) is 4.41. The van der Waals surface area contributed by atoms with Crippen LogP contribution in [0.5, 0.6) is 5.75 Å². The highest BCUT2D eigenvalue weighted by Gasteiger charge is 2.12. The average molecular weight is 257 g/mol. The van der Waals surface area contributed by atoms with Gasteiger partial charge in [0.15, 0.2) is 0 Å². The molecule has 0 amide bonds. The molecule has 1 aromatic heterocycles. The van der Waals surface area contributed by atoms with Gasteiger partial charge in [0.25, 0.3) is 0 Å². The summed E-state index contributed by atoms with van der Waals surface area (Å²) in [7, 11) is 1.69. The highest BCUT2D eigenvalue weighted by Crippen LogP contribution is 2.33. The van der Waals surface area contributed by atoms with Gasteiger partial charge in [0.05, 0.1) is 25.2 Å². The van der Waals surface area contributed by atoms with Crippen molar-refractivity contribution in [3.63, 3.8) is 0 Å². The monoisotopic (exact) mass is 257 g/mol. The molecule has 0 spiro atoms. The van der Waals surface area contributed by atoms with Gasteiger partial charge in [0.1, 0.15) is 11.6 Å². The summed E-state index contributed by atoms with van der Waals surface area (Å²) in [6.07, 6.45) is 3.48. The number of anilines is 1. The average Bonchev–Trinajstić information content (AvgIpc) is 2.42. The summed E-state index contributed by atoms with van der Waals surface area (Å²) in [5, 5.41) is 3.17. The van der Waals surface area contributed by atoms with Crippen LogP contribution in [0.4, 0.5) is 5.82 Å². The number of aryl methyl sites for hydroxylation is 1.